The summed E-state index contributed by atoms with van der Waals surface area (Å²) in [5, 5.41) is 11.8. The Morgan fingerprint density at radius 2 is 1.66 bits per heavy atom. The lowest BCUT2D eigenvalue weighted by molar-refractivity contribution is -0.287. The van der Waals surface area contributed by atoms with Crippen LogP contribution in [0.25, 0.3) is 0 Å². The molecule has 2 heterocycles. The van der Waals surface area contributed by atoms with Gasteiger partial charge in [0.25, 0.3) is 0 Å². The van der Waals surface area contributed by atoms with Crippen LogP contribution in [0.5, 0.6) is 0 Å². The second kappa shape index (κ2) is 7.72. The Bertz CT molecular complexity index is 1190. The number of carbonyl (C=O) groups excluding carboxylic acids is 3. The maximum absolute atomic E-state index is 13.9. The molecule has 0 aromatic carbocycles. The number of ketones is 1. The van der Waals surface area contributed by atoms with Gasteiger partial charge in [0.2, 0.25) is 0 Å². The number of ether oxygens (including phenoxy) is 3. The van der Waals surface area contributed by atoms with Crippen molar-refractivity contribution in [3.63, 3.8) is 0 Å². The van der Waals surface area contributed by atoms with Crippen LogP contribution in [-0.4, -0.2) is 52.8 Å². The minimum Gasteiger partial charge on any atom is -0.472 e. The van der Waals surface area contributed by atoms with Crippen molar-refractivity contribution in [3.8, 4) is 0 Å². The van der Waals surface area contributed by atoms with E-state index in [1.54, 1.807) is 12.5 Å². The summed E-state index contributed by atoms with van der Waals surface area (Å²) in [4.78, 5) is 38.4. The number of epoxide rings is 1. The van der Waals surface area contributed by atoms with Gasteiger partial charge in [-0.3, -0.25) is 14.4 Å². The van der Waals surface area contributed by atoms with Crippen LogP contribution in [0, 0.1) is 33.5 Å². The van der Waals surface area contributed by atoms with Crippen LogP contribution < -0.4 is 0 Å². The maximum Gasteiger partial charge on any atom is 0.302 e. The van der Waals surface area contributed by atoms with E-state index in [4.69, 9.17) is 18.6 Å². The molecule has 38 heavy (non-hydrogen) atoms. The molecule has 8 nitrogen and oxygen atoms in total. The Kier molecular flexibility index (Phi) is 5.29. The lowest BCUT2D eigenvalue weighted by atomic mass is 9.35. The Labute approximate surface area is 223 Å². The van der Waals surface area contributed by atoms with Crippen LogP contribution in [0.15, 0.2) is 23.0 Å². The van der Waals surface area contributed by atoms with E-state index in [0.29, 0.717) is 12.8 Å². The van der Waals surface area contributed by atoms with Crippen molar-refractivity contribution in [1.82, 2.24) is 0 Å². The van der Waals surface area contributed by atoms with Crippen molar-refractivity contribution in [2.24, 2.45) is 33.5 Å². The second-order valence-corrected chi connectivity index (χ2v) is 13.8. The van der Waals surface area contributed by atoms with Crippen LogP contribution in [0.4, 0.5) is 0 Å². The largest absolute Gasteiger partial charge is 0.472 e. The zero-order valence-corrected chi connectivity index (χ0v) is 23.4. The summed E-state index contributed by atoms with van der Waals surface area (Å²) >= 11 is 0. The average Bonchev–Trinajstić information content (AvgIpc) is 3.30. The van der Waals surface area contributed by atoms with E-state index in [2.05, 4.69) is 34.6 Å². The van der Waals surface area contributed by atoms with Crippen LogP contribution in [0.3, 0.4) is 0 Å². The van der Waals surface area contributed by atoms with Gasteiger partial charge in [0.15, 0.2) is 5.78 Å². The highest BCUT2D eigenvalue weighted by molar-refractivity contribution is 5.98. The summed E-state index contributed by atoms with van der Waals surface area (Å²) in [7, 11) is 0. The molecule has 4 aliphatic carbocycles. The van der Waals surface area contributed by atoms with E-state index < -0.39 is 51.7 Å². The number of aliphatic hydroxyl groups is 1. The molecule has 0 unspecified atom stereocenters. The molecule has 1 aliphatic heterocycles. The molecule has 5 aliphatic rings. The topological polar surface area (TPSA) is 116 Å². The number of hydrogen-bond donors (Lipinski definition) is 1. The molecule has 1 aromatic rings. The van der Waals surface area contributed by atoms with Gasteiger partial charge in [-0.25, -0.2) is 0 Å². The maximum atomic E-state index is 13.9. The summed E-state index contributed by atoms with van der Waals surface area (Å²) < 4.78 is 23.8. The van der Waals surface area contributed by atoms with Crippen molar-refractivity contribution in [1.29, 1.82) is 0 Å². The van der Waals surface area contributed by atoms with E-state index in [0.717, 1.165) is 18.4 Å². The minimum absolute atomic E-state index is 0.0593. The summed E-state index contributed by atoms with van der Waals surface area (Å²) in [5.41, 5.74) is -2.20. The monoisotopic (exact) mass is 528 g/mol. The first-order valence-electron chi connectivity index (χ1n) is 13.9. The quantitative estimate of drug-likeness (QED) is 0.459. The summed E-state index contributed by atoms with van der Waals surface area (Å²) in [6.07, 6.45) is 3.29. The molecular formula is C30H40O8. The molecular weight excluding hydrogens is 488 g/mol. The highest BCUT2D eigenvalue weighted by Crippen LogP contribution is 2.82. The summed E-state index contributed by atoms with van der Waals surface area (Å²) in [6.45, 7) is 13.4. The van der Waals surface area contributed by atoms with Crippen molar-refractivity contribution in [3.05, 3.63) is 24.2 Å². The number of carbonyl (C=O) groups is 3. The zero-order chi connectivity index (χ0) is 27.6. The molecule has 0 bridgehead atoms. The first-order valence-corrected chi connectivity index (χ1v) is 13.9. The third kappa shape index (κ3) is 2.81. The van der Waals surface area contributed by atoms with Gasteiger partial charge in [-0.1, -0.05) is 34.6 Å². The normalized spacial score (nSPS) is 50.2. The number of fused-ring (bicyclic) bond motifs is 3. The Morgan fingerprint density at radius 3 is 2.26 bits per heavy atom. The van der Waals surface area contributed by atoms with Gasteiger partial charge in [-0.05, 0) is 37.2 Å². The minimum atomic E-state index is -0.813. The van der Waals surface area contributed by atoms with Gasteiger partial charge in [0, 0.05) is 47.5 Å². The van der Waals surface area contributed by atoms with Gasteiger partial charge in [-0.2, -0.15) is 0 Å². The van der Waals surface area contributed by atoms with Gasteiger partial charge < -0.3 is 23.7 Å². The number of rotatable bonds is 3. The number of aliphatic hydroxyl groups excluding tert-OH is 1. The lowest BCUT2D eigenvalue weighted by Crippen LogP contribution is -2.73. The van der Waals surface area contributed by atoms with E-state index >= 15 is 0 Å². The summed E-state index contributed by atoms with van der Waals surface area (Å²) in [6, 6.07) is 1.87. The third-order valence-corrected chi connectivity index (χ3v) is 12.1. The zero-order valence-electron chi connectivity index (χ0n) is 23.4. The van der Waals surface area contributed by atoms with Crippen LogP contribution >= 0.6 is 0 Å². The fraction of sp³-hybridized carbons (Fsp3) is 0.767. The second-order valence-electron chi connectivity index (χ2n) is 13.8. The molecule has 6 rings (SSSR count). The van der Waals surface area contributed by atoms with E-state index in [1.807, 2.05) is 6.07 Å². The smallest absolute Gasteiger partial charge is 0.302 e. The summed E-state index contributed by atoms with van der Waals surface area (Å²) in [5.74, 6) is -1.22. The van der Waals surface area contributed by atoms with Gasteiger partial charge >= 0.3 is 11.9 Å². The van der Waals surface area contributed by atoms with Crippen LogP contribution in [-0.2, 0) is 28.6 Å². The first-order chi connectivity index (χ1) is 17.7. The molecule has 1 saturated heterocycles. The van der Waals surface area contributed by atoms with Gasteiger partial charge in [-0.15, -0.1) is 0 Å². The number of Topliss-reactive ketones (excluding diaryl/α,β-unsaturated/α-hetero) is 1. The molecule has 0 radical (unpaired) electrons. The molecule has 0 amide bonds. The van der Waals surface area contributed by atoms with Crippen molar-refractivity contribution < 1.29 is 38.1 Å². The Balaban J connectivity index is 1.50. The van der Waals surface area contributed by atoms with Crippen molar-refractivity contribution in [2.75, 3.05) is 0 Å². The molecule has 1 aromatic heterocycles. The van der Waals surface area contributed by atoms with E-state index in [-0.39, 0.29) is 35.5 Å². The molecule has 8 heteroatoms. The molecule has 1 spiro atoms. The fourth-order valence-corrected chi connectivity index (χ4v) is 10.6. The van der Waals surface area contributed by atoms with Crippen molar-refractivity contribution in [2.45, 2.75) is 110 Å². The van der Waals surface area contributed by atoms with E-state index in [9.17, 15) is 19.5 Å². The highest BCUT2D eigenvalue weighted by Gasteiger charge is 2.90. The molecule has 5 fully saturated rings. The Hall–Kier alpha value is -2.19. The highest BCUT2D eigenvalue weighted by atomic mass is 16.6. The number of furan rings is 1. The number of esters is 2. The molecule has 4 saturated carbocycles. The predicted molar refractivity (Wildman–Crippen MR) is 135 cm³/mol. The third-order valence-electron chi connectivity index (χ3n) is 12.1. The lowest BCUT2D eigenvalue weighted by Gasteiger charge is -2.70. The van der Waals surface area contributed by atoms with E-state index in [1.165, 1.54) is 13.8 Å². The van der Waals surface area contributed by atoms with Crippen LogP contribution in [0.2, 0.25) is 0 Å². The average molecular weight is 529 g/mol. The first kappa shape index (κ1) is 26.1. The number of hydrogen-bond acceptors (Lipinski definition) is 8. The molecule has 1 N–H and O–H groups in total. The predicted octanol–water partition coefficient (Wildman–Crippen LogP) is 4.19. The van der Waals surface area contributed by atoms with Gasteiger partial charge in [0.05, 0.1) is 24.5 Å². The SMILES string of the molecule is CC(=O)O[C@@H]1C[C@H](O)[C@]2(C)[C@H]3CC[C@]4(C)[C@@H](c5ccoc5)C(=O)[C@@H]5O[C@@]54[C@]3(C)[C@H](OC(C)=O)C[C@H]2C1(C)C. The fourth-order valence-electron chi connectivity index (χ4n) is 10.6. The Morgan fingerprint density at radius 1 is 1.00 bits per heavy atom. The van der Waals surface area contributed by atoms with Crippen LogP contribution in [0.1, 0.15) is 85.6 Å². The van der Waals surface area contributed by atoms with Crippen molar-refractivity contribution >= 4 is 17.7 Å². The standard InChI is InChI=1S/C30H40O8/c1-15(31)36-21-13-20(33)28(6)18-8-10-27(5)23(17-9-11-35-14-17)24(34)25-30(27,38-25)29(18,7)22(37-16(2)32)12-19(28)26(21,3)4/h9,11,14,18-23,25,33H,8,10,12-13H2,1-7H3/t18-,19+,20+,21-,22-,23+,25+,27-,28-,29+,30+/m1/s1. The van der Waals surface area contributed by atoms with Gasteiger partial charge in [0.1, 0.15) is 23.9 Å². The molecule has 208 valence electrons. The molecule has 11 atom stereocenters.